The summed E-state index contributed by atoms with van der Waals surface area (Å²) >= 11 is 0. The molecule has 0 fully saturated rings. The van der Waals surface area contributed by atoms with Crippen LogP contribution >= 0.6 is 0 Å². The van der Waals surface area contributed by atoms with Gasteiger partial charge in [-0.2, -0.15) is 8.42 Å². The first-order valence-corrected chi connectivity index (χ1v) is 9.54. The smallest absolute Gasteiger partial charge is 0.361 e. The van der Waals surface area contributed by atoms with Crippen molar-refractivity contribution in [2.75, 3.05) is 17.9 Å². The molecular weight excluding hydrogens is 378 g/mol. The zero-order chi connectivity index (χ0) is 20.2. The van der Waals surface area contributed by atoms with Crippen molar-refractivity contribution < 1.29 is 22.7 Å². The van der Waals surface area contributed by atoms with Crippen LogP contribution < -0.4 is 24.6 Å². The number of carbonyl (C=O) groups is 1. The van der Waals surface area contributed by atoms with Crippen molar-refractivity contribution in [2.45, 2.75) is 20.8 Å². The van der Waals surface area contributed by atoms with Crippen LogP contribution in [0, 0.1) is 6.92 Å². The largest absolute Gasteiger partial charge is 0.492 e. The second-order valence-corrected chi connectivity index (χ2v) is 6.78. The van der Waals surface area contributed by atoms with E-state index in [2.05, 4.69) is 9.82 Å². The monoisotopic (exact) mass is 399 g/mol. The van der Waals surface area contributed by atoms with Gasteiger partial charge in [-0.15, -0.1) is 9.78 Å². The zero-order valence-electron chi connectivity index (χ0n) is 15.3. The number of rotatable bonds is 7. The molecule has 1 amide bonds. The van der Waals surface area contributed by atoms with Gasteiger partial charge in [0.2, 0.25) is 0 Å². The minimum absolute atomic E-state index is 0.111. The molecule has 0 spiro atoms. The second-order valence-electron chi connectivity index (χ2n) is 5.36. The molecule has 0 saturated heterocycles. The van der Waals surface area contributed by atoms with Crippen LogP contribution in [-0.2, 0) is 17.3 Å². The average molecular weight is 399 g/mol. The predicted molar refractivity (Wildman–Crippen MR) is 97.5 cm³/mol. The molecule has 2 rings (SSSR count). The molecule has 0 bridgehead atoms. The molecule has 0 unspecified atom stereocenters. The third kappa shape index (κ3) is 4.58. The number of nitrogens with one attached hydrogen (secondary N) is 2. The Hall–Kier alpha value is -3.02. The summed E-state index contributed by atoms with van der Waals surface area (Å²) in [5.74, 6) is 0.309. The molecule has 0 aliphatic heterocycles. The highest BCUT2D eigenvalue weighted by Gasteiger charge is 2.23. The van der Waals surface area contributed by atoms with E-state index in [4.69, 9.17) is 9.47 Å². The molecule has 2 aromatic rings. The normalized spacial score (nSPS) is 11.1. The summed E-state index contributed by atoms with van der Waals surface area (Å²) in [5, 5.41) is 3.67. The van der Waals surface area contributed by atoms with Gasteiger partial charge in [0, 0.05) is 7.05 Å². The molecule has 0 aliphatic rings. The molecule has 0 atom stereocenters. The van der Waals surface area contributed by atoms with E-state index in [-0.39, 0.29) is 18.3 Å². The van der Waals surface area contributed by atoms with E-state index < -0.39 is 21.9 Å². The van der Waals surface area contributed by atoms with Gasteiger partial charge >= 0.3 is 27.9 Å². The number of aryl methyl sites for hydroxylation is 1. The molecule has 148 valence electrons. The highest BCUT2D eigenvalue weighted by atomic mass is 32.2. The SMILES string of the molecule is CCOc1cccc(C)c1NS(=O)(=O)NC(=O)n1nc(OCC)n(C)c1=O. The van der Waals surface area contributed by atoms with Crippen molar-refractivity contribution in [3.05, 3.63) is 34.2 Å². The van der Waals surface area contributed by atoms with Gasteiger partial charge in [0.25, 0.3) is 0 Å². The van der Waals surface area contributed by atoms with Crippen molar-refractivity contribution in [1.29, 1.82) is 0 Å². The van der Waals surface area contributed by atoms with Crippen LogP contribution in [-0.4, -0.2) is 42.0 Å². The summed E-state index contributed by atoms with van der Waals surface area (Å²) in [6.07, 6.45) is 0. The Morgan fingerprint density at radius 2 is 1.89 bits per heavy atom. The molecule has 1 aromatic heterocycles. The highest BCUT2D eigenvalue weighted by molar-refractivity contribution is 7.91. The Kier molecular flexibility index (Phi) is 6.10. The number of amides is 1. The quantitative estimate of drug-likeness (QED) is 0.696. The number of ether oxygens (including phenoxy) is 2. The molecule has 0 aliphatic carbocycles. The Balaban J connectivity index is 2.26. The molecule has 0 saturated carbocycles. The lowest BCUT2D eigenvalue weighted by molar-refractivity contribution is 0.242. The first-order valence-electron chi connectivity index (χ1n) is 8.06. The standard InChI is InChI=1S/C15H21N5O6S/c1-5-25-11-9-7-8-10(3)12(11)17-27(23,24)18-13(21)20-15(22)19(4)14(16-20)26-6-2/h7-9,17H,5-6H2,1-4H3,(H,18,21). The van der Waals surface area contributed by atoms with Gasteiger partial charge in [-0.1, -0.05) is 12.1 Å². The fourth-order valence-corrected chi connectivity index (χ4v) is 3.07. The van der Waals surface area contributed by atoms with Crippen molar-refractivity contribution in [3.63, 3.8) is 0 Å². The van der Waals surface area contributed by atoms with Crippen LogP contribution in [0.25, 0.3) is 0 Å². The van der Waals surface area contributed by atoms with Crippen LogP contribution in [0.4, 0.5) is 10.5 Å². The Morgan fingerprint density at radius 1 is 1.22 bits per heavy atom. The number of aromatic nitrogens is 3. The lowest BCUT2D eigenvalue weighted by Gasteiger charge is -2.15. The van der Waals surface area contributed by atoms with E-state index in [1.807, 2.05) is 0 Å². The van der Waals surface area contributed by atoms with Crippen molar-refractivity contribution in [2.24, 2.45) is 7.05 Å². The van der Waals surface area contributed by atoms with Crippen LogP contribution in [0.3, 0.4) is 0 Å². The maximum atomic E-state index is 12.3. The summed E-state index contributed by atoms with van der Waals surface area (Å²) in [5.41, 5.74) is -0.0764. The van der Waals surface area contributed by atoms with Crippen LogP contribution in [0.5, 0.6) is 11.8 Å². The maximum absolute atomic E-state index is 12.3. The number of nitrogens with zero attached hydrogens (tertiary/aromatic N) is 3. The third-order valence-corrected chi connectivity index (χ3v) is 4.32. The molecule has 1 heterocycles. The highest BCUT2D eigenvalue weighted by Crippen LogP contribution is 2.28. The number of hydrogen-bond acceptors (Lipinski definition) is 7. The molecule has 12 heteroatoms. The van der Waals surface area contributed by atoms with Crippen LogP contribution in [0.1, 0.15) is 19.4 Å². The minimum Gasteiger partial charge on any atom is -0.492 e. The van der Waals surface area contributed by atoms with Crippen molar-refractivity contribution in [3.8, 4) is 11.8 Å². The fraction of sp³-hybridized carbons (Fsp3) is 0.400. The molecule has 27 heavy (non-hydrogen) atoms. The topological polar surface area (TPSA) is 134 Å². The number of para-hydroxylation sites is 1. The zero-order valence-corrected chi connectivity index (χ0v) is 16.2. The van der Waals surface area contributed by atoms with Crippen LogP contribution in [0.2, 0.25) is 0 Å². The lowest BCUT2D eigenvalue weighted by Crippen LogP contribution is -2.42. The summed E-state index contributed by atoms with van der Waals surface area (Å²) in [6, 6.07) is 3.62. The molecule has 11 nitrogen and oxygen atoms in total. The number of carbonyl (C=O) groups excluding carboxylic acids is 1. The number of benzene rings is 1. The molecule has 0 radical (unpaired) electrons. The van der Waals surface area contributed by atoms with E-state index in [1.54, 1.807) is 43.7 Å². The first-order chi connectivity index (χ1) is 12.7. The molecule has 2 N–H and O–H groups in total. The van der Waals surface area contributed by atoms with E-state index in [0.29, 0.717) is 22.6 Å². The molecule has 1 aromatic carbocycles. The Labute approximate surface area is 156 Å². The van der Waals surface area contributed by atoms with Gasteiger partial charge in [-0.3, -0.25) is 4.72 Å². The van der Waals surface area contributed by atoms with E-state index in [0.717, 1.165) is 4.57 Å². The summed E-state index contributed by atoms with van der Waals surface area (Å²) in [6.45, 7) is 5.66. The van der Waals surface area contributed by atoms with E-state index >= 15 is 0 Å². The van der Waals surface area contributed by atoms with E-state index in [9.17, 15) is 18.0 Å². The second kappa shape index (κ2) is 8.12. The molecular formula is C15H21N5O6S. The predicted octanol–water partition coefficient (Wildman–Crippen LogP) is 0.602. The van der Waals surface area contributed by atoms with Crippen LogP contribution in [0.15, 0.2) is 23.0 Å². The van der Waals surface area contributed by atoms with Gasteiger partial charge in [0.15, 0.2) is 0 Å². The number of anilines is 1. The van der Waals surface area contributed by atoms with Gasteiger partial charge in [0.05, 0.1) is 18.9 Å². The number of hydrogen-bond donors (Lipinski definition) is 2. The summed E-state index contributed by atoms with van der Waals surface area (Å²) in [7, 11) is -3.01. The first kappa shape index (κ1) is 20.3. The summed E-state index contributed by atoms with van der Waals surface area (Å²) < 4.78 is 40.5. The van der Waals surface area contributed by atoms with Gasteiger partial charge in [0.1, 0.15) is 5.75 Å². The Morgan fingerprint density at radius 3 is 2.52 bits per heavy atom. The average Bonchev–Trinajstić information content (AvgIpc) is 2.87. The van der Waals surface area contributed by atoms with Gasteiger partial charge in [-0.05, 0) is 32.4 Å². The van der Waals surface area contributed by atoms with Crippen molar-refractivity contribution in [1.82, 2.24) is 19.1 Å². The minimum atomic E-state index is -4.36. The fourth-order valence-electron chi connectivity index (χ4n) is 2.17. The van der Waals surface area contributed by atoms with Crippen molar-refractivity contribution >= 4 is 21.9 Å². The van der Waals surface area contributed by atoms with Gasteiger partial charge < -0.3 is 9.47 Å². The van der Waals surface area contributed by atoms with Gasteiger partial charge in [-0.25, -0.2) is 18.9 Å². The third-order valence-electron chi connectivity index (χ3n) is 3.40. The Bertz CT molecular complexity index is 995. The van der Waals surface area contributed by atoms with E-state index in [1.165, 1.54) is 7.05 Å². The lowest BCUT2D eigenvalue weighted by atomic mass is 10.2. The summed E-state index contributed by atoms with van der Waals surface area (Å²) in [4.78, 5) is 24.2. The maximum Gasteiger partial charge on any atom is 0.361 e.